The minimum absolute atomic E-state index is 0.545. The van der Waals surface area contributed by atoms with Gasteiger partial charge in [-0.1, -0.05) is 50.6 Å². The third kappa shape index (κ3) is 2.00. The van der Waals surface area contributed by atoms with Gasteiger partial charge in [0.15, 0.2) is 0 Å². The van der Waals surface area contributed by atoms with Gasteiger partial charge in [-0.25, -0.2) is 0 Å². The van der Waals surface area contributed by atoms with Crippen molar-refractivity contribution in [2.45, 2.75) is 45.2 Å². The molecule has 4 unspecified atom stereocenters. The summed E-state index contributed by atoms with van der Waals surface area (Å²) in [4.78, 5) is 1.57. The van der Waals surface area contributed by atoms with Crippen molar-refractivity contribution in [3.8, 4) is 0 Å². The average Bonchev–Trinajstić information content (AvgIpc) is 3.06. The summed E-state index contributed by atoms with van der Waals surface area (Å²) >= 11 is 2.00. The van der Waals surface area contributed by atoms with Gasteiger partial charge in [0.1, 0.15) is 0 Å². The van der Waals surface area contributed by atoms with Gasteiger partial charge in [-0.2, -0.15) is 0 Å². The van der Waals surface area contributed by atoms with Crippen molar-refractivity contribution >= 4 is 27.5 Å². The molecule has 110 valence electrons. The number of thiophene rings is 1. The minimum Gasteiger partial charge on any atom is -0.306 e. The zero-order valence-electron chi connectivity index (χ0n) is 12.8. The lowest BCUT2D eigenvalue weighted by molar-refractivity contribution is 0.361. The molecule has 2 aliphatic rings. The number of benzene rings is 1. The van der Waals surface area contributed by atoms with Crippen molar-refractivity contribution in [1.29, 1.82) is 0 Å². The summed E-state index contributed by atoms with van der Waals surface area (Å²) in [5.41, 5.74) is 1.47. The molecule has 1 nitrogen and oxygen atoms in total. The maximum Gasteiger partial charge on any atom is 0.0490 e. The van der Waals surface area contributed by atoms with Gasteiger partial charge in [-0.05, 0) is 30.4 Å². The molecule has 0 bridgehead atoms. The summed E-state index contributed by atoms with van der Waals surface area (Å²) in [6.07, 6.45) is 8.77. The number of rotatable bonds is 3. The number of hydrogen-bond acceptors (Lipinski definition) is 2. The Labute approximate surface area is 131 Å². The van der Waals surface area contributed by atoms with Crippen LogP contribution in [0.2, 0.25) is 0 Å². The van der Waals surface area contributed by atoms with E-state index in [0.29, 0.717) is 18.0 Å². The third-order valence-electron chi connectivity index (χ3n) is 5.28. The predicted octanol–water partition coefficient (Wildman–Crippen LogP) is 5.38. The van der Waals surface area contributed by atoms with E-state index in [1.807, 2.05) is 11.3 Å². The first kappa shape index (κ1) is 13.5. The van der Waals surface area contributed by atoms with Gasteiger partial charge in [0.05, 0.1) is 0 Å². The molecule has 4 rings (SSSR count). The van der Waals surface area contributed by atoms with Crippen LogP contribution in [0.3, 0.4) is 0 Å². The highest BCUT2D eigenvalue weighted by Crippen LogP contribution is 2.49. The zero-order chi connectivity index (χ0) is 14.4. The van der Waals surface area contributed by atoms with Gasteiger partial charge < -0.3 is 5.32 Å². The maximum atomic E-state index is 3.95. The Morgan fingerprint density at radius 3 is 2.86 bits per heavy atom. The number of fused-ring (bicyclic) bond motifs is 5. The van der Waals surface area contributed by atoms with Crippen LogP contribution in [0.15, 0.2) is 30.3 Å². The standard InChI is InChI=1S/C19H23NS/c1-3-7-12-14-10-11-15-13-8-5-6-9-17(13)21-19(15)18(14)20-16(12)4-2/h5-6,8-12,14,16,18,20H,3-4,7H2,1-2H3. The molecule has 2 heteroatoms. The van der Waals surface area contributed by atoms with E-state index in [1.54, 1.807) is 4.88 Å². The molecule has 1 aliphatic heterocycles. The first-order chi connectivity index (χ1) is 10.3. The molecular weight excluding hydrogens is 274 g/mol. The van der Waals surface area contributed by atoms with Crippen LogP contribution in [-0.2, 0) is 0 Å². The summed E-state index contributed by atoms with van der Waals surface area (Å²) < 4.78 is 1.43. The fraction of sp³-hybridized carbons (Fsp3) is 0.474. The quantitative estimate of drug-likeness (QED) is 0.801. The lowest BCUT2D eigenvalue weighted by Crippen LogP contribution is -2.27. The molecule has 0 spiro atoms. The van der Waals surface area contributed by atoms with Crippen molar-refractivity contribution in [2.24, 2.45) is 11.8 Å². The Kier molecular flexibility index (Phi) is 3.39. The van der Waals surface area contributed by atoms with Crippen LogP contribution in [-0.4, -0.2) is 6.04 Å². The van der Waals surface area contributed by atoms with Gasteiger partial charge in [-0.3, -0.25) is 0 Å². The van der Waals surface area contributed by atoms with Crippen molar-refractivity contribution in [1.82, 2.24) is 5.32 Å². The van der Waals surface area contributed by atoms with Gasteiger partial charge in [0.2, 0.25) is 0 Å². The molecule has 0 radical (unpaired) electrons. The Bertz CT molecular complexity index is 684. The van der Waals surface area contributed by atoms with Crippen LogP contribution >= 0.6 is 11.3 Å². The molecule has 1 aliphatic carbocycles. The van der Waals surface area contributed by atoms with Crippen LogP contribution in [0.5, 0.6) is 0 Å². The second-order valence-electron chi connectivity index (χ2n) is 6.42. The van der Waals surface area contributed by atoms with Gasteiger partial charge in [0, 0.05) is 33.0 Å². The van der Waals surface area contributed by atoms with Gasteiger partial charge in [0.25, 0.3) is 0 Å². The first-order valence-corrected chi connectivity index (χ1v) is 9.10. The molecular formula is C19H23NS. The highest BCUT2D eigenvalue weighted by molar-refractivity contribution is 7.19. The lowest BCUT2D eigenvalue weighted by Gasteiger charge is -2.24. The number of nitrogens with one attached hydrogen (secondary N) is 1. The Hall–Kier alpha value is -1.12. The molecule has 1 N–H and O–H groups in total. The largest absolute Gasteiger partial charge is 0.306 e. The van der Waals surface area contributed by atoms with E-state index in [0.717, 1.165) is 5.92 Å². The Morgan fingerprint density at radius 2 is 2.05 bits per heavy atom. The van der Waals surface area contributed by atoms with Crippen LogP contribution in [0, 0.1) is 11.8 Å². The molecule has 2 heterocycles. The zero-order valence-corrected chi connectivity index (χ0v) is 13.6. The fourth-order valence-corrected chi connectivity index (χ4v) is 5.64. The SMILES string of the molecule is CCCC1C(CC)NC2c3sc4ccccc4c3C=CC21. The third-order valence-corrected chi connectivity index (χ3v) is 6.55. The second-order valence-corrected chi connectivity index (χ2v) is 7.51. The van der Waals surface area contributed by atoms with Crippen LogP contribution < -0.4 is 5.32 Å². The van der Waals surface area contributed by atoms with E-state index in [9.17, 15) is 0 Å². The summed E-state index contributed by atoms with van der Waals surface area (Å²) in [7, 11) is 0. The van der Waals surface area contributed by atoms with Gasteiger partial charge >= 0.3 is 0 Å². The maximum absolute atomic E-state index is 3.95. The lowest BCUT2D eigenvalue weighted by atomic mass is 9.79. The molecule has 0 saturated carbocycles. The summed E-state index contributed by atoms with van der Waals surface area (Å²) in [5, 5.41) is 5.39. The van der Waals surface area contributed by atoms with E-state index in [1.165, 1.54) is 34.9 Å². The van der Waals surface area contributed by atoms with E-state index >= 15 is 0 Å². The molecule has 1 aromatic carbocycles. The number of hydrogen-bond donors (Lipinski definition) is 1. The molecule has 2 aromatic rings. The highest BCUT2D eigenvalue weighted by Gasteiger charge is 2.43. The predicted molar refractivity (Wildman–Crippen MR) is 92.7 cm³/mol. The molecule has 0 amide bonds. The fourth-order valence-electron chi connectivity index (χ4n) is 4.33. The van der Waals surface area contributed by atoms with E-state index < -0.39 is 0 Å². The van der Waals surface area contributed by atoms with E-state index in [-0.39, 0.29) is 0 Å². The average molecular weight is 297 g/mol. The normalized spacial score (nSPS) is 30.6. The molecule has 1 fully saturated rings. The van der Waals surface area contributed by atoms with Crippen LogP contribution in [0.1, 0.15) is 49.6 Å². The Morgan fingerprint density at radius 1 is 1.19 bits per heavy atom. The highest BCUT2D eigenvalue weighted by atomic mass is 32.1. The smallest absolute Gasteiger partial charge is 0.0490 e. The molecule has 1 saturated heterocycles. The monoisotopic (exact) mass is 297 g/mol. The van der Waals surface area contributed by atoms with Crippen molar-refractivity contribution in [3.63, 3.8) is 0 Å². The van der Waals surface area contributed by atoms with E-state index in [2.05, 4.69) is 55.6 Å². The topological polar surface area (TPSA) is 12.0 Å². The minimum atomic E-state index is 0.545. The van der Waals surface area contributed by atoms with Crippen LogP contribution in [0.25, 0.3) is 16.2 Å². The Balaban J connectivity index is 1.79. The second kappa shape index (κ2) is 5.26. The first-order valence-electron chi connectivity index (χ1n) is 8.29. The van der Waals surface area contributed by atoms with Crippen LogP contribution in [0.4, 0.5) is 0 Å². The van der Waals surface area contributed by atoms with Crippen molar-refractivity contribution < 1.29 is 0 Å². The summed E-state index contributed by atoms with van der Waals surface area (Å²) in [6, 6.07) is 10.1. The molecule has 1 aromatic heterocycles. The summed E-state index contributed by atoms with van der Waals surface area (Å²) in [6.45, 7) is 4.64. The summed E-state index contributed by atoms with van der Waals surface area (Å²) in [5.74, 6) is 1.50. The molecule has 21 heavy (non-hydrogen) atoms. The van der Waals surface area contributed by atoms with Crippen molar-refractivity contribution in [2.75, 3.05) is 0 Å². The van der Waals surface area contributed by atoms with Crippen molar-refractivity contribution in [3.05, 3.63) is 40.8 Å². The molecule has 4 atom stereocenters. The van der Waals surface area contributed by atoms with E-state index in [4.69, 9.17) is 0 Å². The van der Waals surface area contributed by atoms with Gasteiger partial charge in [-0.15, -0.1) is 11.3 Å².